The Morgan fingerprint density at radius 1 is 1.26 bits per heavy atom. The van der Waals surface area contributed by atoms with E-state index in [9.17, 15) is 0 Å². The molecule has 0 bridgehead atoms. The summed E-state index contributed by atoms with van der Waals surface area (Å²) in [5, 5.41) is 11.5. The van der Waals surface area contributed by atoms with Gasteiger partial charge >= 0.3 is 0 Å². The summed E-state index contributed by atoms with van der Waals surface area (Å²) in [7, 11) is 0. The van der Waals surface area contributed by atoms with E-state index in [1.54, 1.807) is 0 Å². The van der Waals surface area contributed by atoms with Crippen LogP contribution < -0.4 is 11.1 Å². The topological polar surface area (TPSA) is 88.9 Å². The lowest BCUT2D eigenvalue weighted by Crippen LogP contribution is -2.38. The number of nitrogens with two attached hydrogens (primary N) is 1. The largest absolute Gasteiger partial charge is 0.382 e. The van der Waals surface area contributed by atoms with Gasteiger partial charge in [0.05, 0.1) is 29.7 Å². The van der Waals surface area contributed by atoms with Crippen molar-refractivity contribution >= 4 is 22.5 Å². The van der Waals surface area contributed by atoms with E-state index in [4.69, 9.17) is 10.5 Å². The average molecular weight is 359 g/mol. The number of rotatable bonds is 3. The molecule has 5 rings (SSSR count). The van der Waals surface area contributed by atoms with Crippen LogP contribution in [0.5, 0.6) is 0 Å². The molecule has 0 radical (unpaired) electrons. The van der Waals surface area contributed by atoms with Gasteiger partial charge in [0.15, 0.2) is 5.82 Å². The zero-order chi connectivity index (χ0) is 18.4. The summed E-state index contributed by atoms with van der Waals surface area (Å²) in [6.45, 7) is 3.47. The van der Waals surface area contributed by atoms with Gasteiger partial charge in [0.25, 0.3) is 0 Å². The molecule has 1 aromatic carbocycles. The first-order chi connectivity index (χ1) is 13.1. The number of nitrogen functional groups attached to an aromatic ring is 1. The molecule has 2 fully saturated rings. The van der Waals surface area contributed by atoms with Crippen LogP contribution in [0.3, 0.4) is 0 Å². The Kier molecular flexibility index (Phi) is 3.59. The number of aromatic nitrogens is 3. The van der Waals surface area contributed by atoms with E-state index >= 15 is 0 Å². The molecular formula is C21H21N5O. The van der Waals surface area contributed by atoms with Crippen LogP contribution in [0.1, 0.15) is 25.3 Å². The molecule has 0 spiro atoms. The highest BCUT2D eigenvalue weighted by Crippen LogP contribution is 2.32. The number of anilines is 2. The number of hydrogen-bond acceptors (Lipinski definition) is 5. The van der Waals surface area contributed by atoms with Crippen LogP contribution >= 0.6 is 0 Å². The van der Waals surface area contributed by atoms with Crippen LogP contribution in [0.15, 0.2) is 30.5 Å². The van der Waals surface area contributed by atoms with Gasteiger partial charge < -0.3 is 15.8 Å². The first kappa shape index (κ1) is 16.2. The van der Waals surface area contributed by atoms with Gasteiger partial charge in [0.1, 0.15) is 5.82 Å². The van der Waals surface area contributed by atoms with Crippen molar-refractivity contribution in [3.8, 4) is 23.0 Å². The Morgan fingerprint density at radius 2 is 2.11 bits per heavy atom. The number of nitrogens with one attached hydrogen (secondary N) is 2. The maximum Gasteiger partial charge on any atom is 0.153 e. The molecule has 2 aromatic heterocycles. The monoisotopic (exact) mass is 359 g/mol. The van der Waals surface area contributed by atoms with Crippen LogP contribution in [-0.4, -0.2) is 34.4 Å². The number of hydrogen-bond donors (Lipinski definition) is 3. The van der Waals surface area contributed by atoms with Gasteiger partial charge in [-0.15, -0.1) is 0 Å². The summed E-state index contributed by atoms with van der Waals surface area (Å²) in [5.41, 5.74) is 9.90. The molecular weight excluding hydrogens is 338 g/mol. The van der Waals surface area contributed by atoms with Crippen molar-refractivity contribution in [2.75, 3.05) is 24.3 Å². The minimum Gasteiger partial charge on any atom is -0.382 e. The molecule has 0 unspecified atom stereocenters. The van der Waals surface area contributed by atoms with Crippen molar-refractivity contribution in [2.24, 2.45) is 5.41 Å². The zero-order valence-electron chi connectivity index (χ0n) is 15.2. The fraction of sp³-hybridized carbons (Fsp3) is 0.333. The minimum atomic E-state index is -0.0775. The summed E-state index contributed by atoms with van der Waals surface area (Å²) in [6, 6.07) is 8.80. The number of ether oxygens (including phenoxy) is 1. The number of aromatic amines is 1. The van der Waals surface area contributed by atoms with E-state index in [-0.39, 0.29) is 5.41 Å². The van der Waals surface area contributed by atoms with Crippen molar-refractivity contribution in [3.63, 3.8) is 0 Å². The van der Waals surface area contributed by atoms with Crippen LogP contribution in [0.2, 0.25) is 0 Å². The van der Waals surface area contributed by atoms with Crippen molar-refractivity contribution in [2.45, 2.75) is 25.8 Å². The molecule has 2 aliphatic rings. The Balaban J connectivity index is 1.59. The van der Waals surface area contributed by atoms with Crippen LogP contribution in [-0.2, 0) is 4.74 Å². The normalized spacial score (nSPS) is 17.8. The van der Waals surface area contributed by atoms with Crippen LogP contribution in [0, 0.1) is 17.3 Å². The Labute approximate surface area is 157 Å². The molecule has 1 saturated carbocycles. The van der Waals surface area contributed by atoms with Crippen LogP contribution in [0.25, 0.3) is 22.0 Å². The first-order valence-corrected chi connectivity index (χ1v) is 9.21. The molecule has 6 nitrogen and oxygen atoms in total. The maximum atomic E-state index is 6.08. The van der Waals surface area contributed by atoms with Crippen molar-refractivity contribution in [3.05, 3.63) is 36.0 Å². The summed E-state index contributed by atoms with van der Waals surface area (Å²) in [5.74, 6) is 8.06. The highest BCUT2D eigenvalue weighted by Gasteiger charge is 2.31. The van der Waals surface area contributed by atoms with Gasteiger partial charge in [0.2, 0.25) is 0 Å². The second kappa shape index (κ2) is 6.00. The average Bonchev–Trinajstić information content (AvgIpc) is 3.39. The third kappa shape index (κ3) is 3.11. The second-order valence-electron chi connectivity index (χ2n) is 7.71. The number of H-pyrrole nitrogens is 1. The number of nitrogens with zero attached hydrogens (tertiary/aromatic N) is 2. The predicted molar refractivity (Wildman–Crippen MR) is 106 cm³/mol. The molecule has 1 saturated heterocycles. The SMILES string of the molecule is CC1(C#Cc2cc(-c3ccnc(NC4CC4)c3)cc3c(N)n[nH]c23)COC1. The third-order valence-corrected chi connectivity index (χ3v) is 5.07. The molecule has 0 atom stereocenters. The number of fused-ring (bicyclic) bond motifs is 1. The van der Waals surface area contributed by atoms with Gasteiger partial charge in [0, 0.05) is 17.6 Å². The number of pyridine rings is 1. The highest BCUT2D eigenvalue weighted by atomic mass is 16.5. The zero-order valence-corrected chi connectivity index (χ0v) is 15.2. The molecule has 1 aliphatic heterocycles. The fourth-order valence-electron chi connectivity index (χ4n) is 3.23. The molecule has 0 amide bonds. The molecule has 4 N–H and O–H groups in total. The van der Waals surface area contributed by atoms with E-state index in [0.717, 1.165) is 33.4 Å². The lowest BCUT2D eigenvalue weighted by molar-refractivity contribution is -0.0648. The van der Waals surface area contributed by atoms with Crippen LogP contribution in [0.4, 0.5) is 11.6 Å². The van der Waals surface area contributed by atoms with Crippen molar-refractivity contribution < 1.29 is 4.74 Å². The van der Waals surface area contributed by atoms with Gasteiger partial charge in [-0.1, -0.05) is 11.8 Å². The summed E-state index contributed by atoms with van der Waals surface area (Å²) >= 11 is 0. The molecule has 136 valence electrons. The fourth-order valence-corrected chi connectivity index (χ4v) is 3.23. The lowest BCUT2D eigenvalue weighted by Gasteiger charge is -2.32. The Hall–Kier alpha value is -3.04. The summed E-state index contributed by atoms with van der Waals surface area (Å²) in [4.78, 5) is 4.43. The lowest BCUT2D eigenvalue weighted by atomic mass is 9.89. The van der Waals surface area contributed by atoms with Gasteiger partial charge in [-0.05, 0) is 55.2 Å². The van der Waals surface area contributed by atoms with Gasteiger partial charge in [-0.25, -0.2) is 4.98 Å². The quantitative estimate of drug-likeness (QED) is 0.625. The number of benzene rings is 1. The van der Waals surface area contributed by atoms with Gasteiger partial charge in [-0.3, -0.25) is 5.10 Å². The molecule has 6 heteroatoms. The van der Waals surface area contributed by atoms with E-state index in [1.165, 1.54) is 12.8 Å². The smallest absolute Gasteiger partial charge is 0.153 e. The molecule has 3 heterocycles. The molecule has 3 aromatic rings. The Bertz CT molecular complexity index is 1080. The van der Waals surface area contributed by atoms with E-state index in [0.29, 0.717) is 25.1 Å². The van der Waals surface area contributed by atoms with E-state index in [2.05, 4.69) is 57.5 Å². The molecule has 27 heavy (non-hydrogen) atoms. The Morgan fingerprint density at radius 3 is 2.85 bits per heavy atom. The predicted octanol–water partition coefficient (Wildman–Crippen LogP) is 3.17. The van der Waals surface area contributed by atoms with E-state index in [1.807, 2.05) is 12.3 Å². The third-order valence-electron chi connectivity index (χ3n) is 5.07. The second-order valence-corrected chi connectivity index (χ2v) is 7.71. The van der Waals surface area contributed by atoms with E-state index < -0.39 is 0 Å². The van der Waals surface area contributed by atoms with Gasteiger partial charge in [-0.2, -0.15) is 5.10 Å². The van der Waals surface area contributed by atoms with Crippen molar-refractivity contribution in [1.29, 1.82) is 0 Å². The highest BCUT2D eigenvalue weighted by molar-refractivity contribution is 5.96. The first-order valence-electron chi connectivity index (χ1n) is 9.21. The maximum absolute atomic E-state index is 6.08. The molecule has 1 aliphatic carbocycles. The minimum absolute atomic E-state index is 0.0775. The summed E-state index contributed by atoms with van der Waals surface area (Å²) in [6.07, 6.45) is 4.26. The standard InChI is InChI=1S/C21H21N5O/c1-21(11-27-12-21)6-4-14-8-15(9-17-19(14)25-26-20(17)22)13-5-7-23-18(10-13)24-16-2-3-16/h5,7-10,16H,2-3,11-12H2,1H3,(H,23,24)(H3,22,25,26). The summed E-state index contributed by atoms with van der Waals surface area (Å²) < 4.78 is 5.30. The van der Waals surface area contributed by atoms with Crippen molar-refractivity contribution in [1.82, 2.24) is 15.2 Å².